The summed E-state index contributed by atoms with van der Waals surface area (Å²) >= 11 is 0. The SMILES string of the molecule is COC(=O)/C=C/CNC(=O)C(=O)NCc1cc(F)c(F)cc1C(=O)N[C@H](C)c1cccc2ccccc12. The Bertz CT molecular complexity index is 1370. The van der Waals surface area contributed by atoms with E-state index in [-0.39, 0.29) is 17.7 Å². The fourth-order valence-electron chi connectivity index (χ4n) is 3.64. The number of rotatable bonds is 8. The van der Waals surface area contributed by atoms with Gasteiger partial charge in [0.2, 0.25) is 0 Å². The maximum atomic E-state index is 14.0. The molecule has 0 saturated heterocycles. The normalized spacial score (nSPS) is 11.7. The fourth-order valence-corrected chi connectivity index (χ4v) is 3.64. The van der Waals surface area contributed by atoms with Gasteiger partial charge in [-0.2, -0.15) is 0 Å². The van der Waals surface area contributed by atoms with Crippen molar-refractivity contribution in [2.75, 3.05) is 13.7 Å². The number of carbonyl (C=O) groups excluding carboxylic acids is 4. The molecule has 0 bridgehead atoms. The monoisotopic (exact) mass is 509 g/mol. The highest BCUT2D eigenvalue weighted by atomic mass is 19.2. The zero-order chi connectivity index (χ0) is 26.9. The second kappa shape index (κ2) is 12.4. The van der Waals surface area contributed by atoms with E-state index in [1.807, 2.05) is 42.5 Å². The molecule has 3 amide bonds. The van der Waals surface area contributed by atoms with Crippen LogP contribution in [0.4, 0.5) is 8.78 Å². The molecule has 1 atom stereocenters. The van der Waals surface area contributed by atoms with Gasteiger partial charge in [0.05, 0.1) is 13.2 Å². The van der Waals surface area contributed by atoms with Crippen LogP contribution in [0, 0.1) is 11.6 Å². The standard InChI is InChI=1S/C27H25F2N3O5/c1-16(19-10-5-8-17-7-3-4-9-20(17)19)32-25(34)21-14-23(29)22(28)13-18(21)15-31-27(36)26(35)30-12-6-11-24(33)37-2/h3-11,13-14,16H,12,15H2,1-2H3,(H,30,35)(H,31,36)(H,32,34)/b11-6+/t16-/m1/s1. The fraction of sp³-hybridized carbons (Fsp3) is 0.185. The molecule has 3 N–H and O–H groups in total. The van der Waals surface area contributed by atoms with Gasteiger partial charge in [0.25, 0.3) is 5.91 Å². The Morgan fingerprint density at radius 3 is 2.38 bits per heavy atom. The number of carbonyl (C=O) groups is 4. The third-order valence-electron chi connectivity index (χ3n) is 5.51. The van der Waals surface area contributed by atoms with Crippen molar-refractivity contribution in [2.24, 2.45) is 0 Å². The van der Waals surface area contributed by atoms with E-state index >= 15 is 0 Å². The second-order valence-electron chi connectivity index (χ2n) is 8.01. The lowest BCUT2D eigenvalue weighted by atomic mass is 9.99. The van der Waals surface area contributed by atoms with Gasteiger partial charge in [-0.15, -0.1) is 0 Å². The van der Waals surface area contributed by atoms with Crippen LogP contribution < -0.4 is 16.0 Å². The van der Waals surface area contributed by atoms with Crippen LogP contribution in [-0.2, 0) is 25.7 Å². The Morgan fingerprint density at radius 1 is 0.946 bits per heavy atom. The number of hydrogen-bond donors (Lipinski definition) is 3. The average molecular weight is 510 g/mol. The van der Waals surface area contributed by atoms with Crippen molar-refractivity contribution >= 4 is 34.5 Å². The quantitative estimate of drug-likeness (QED) is 0.245. The van der Waals surface area contributed by atoms with Crippen LogP contribution in [0.5, 0.6) is 0 Å². The van der Waals surface area contributed by atoms with E-state index in [1.54, 1.807) is 6.92 Å². The van der Waals surface area contributed by atoms with Gasteiger partial charge in [0.1, 0.15) is 0 Å². The van der Waals surface area contributed by atoms with Crippen LogP contribution in [0.25, 0.3) is 10.8 Å². The van der Waals surface area contributed by atoms with Crippen LogP contribution in [0.15, 0.2) is 66.7 Å². The molecule has 10 heteroatoms. The highest BCUT2D eigenvalue weighted by Gasteiger charge is 2.20. The molecule has 0 aliphatic heterocycles. The van der Waals surface area contributed by atoms with Gasteiger partial charge < -0.3 is 20.7 Å². The smallest absolute Gasteiger partial charge is 0.330 e. The number of ether oxygens (including phenoxy) is 1. The largest absolute Gasteiger partial charge is 0.466 e. The topological polar surface area (TPSA) is 114 Å². The van der Waals surface area contributed by atoms with E-state index in [0.717, 1.165) is 34.5 Å². The minimum absolute atomic E-state index is 0.0201. The second-order valence-corrected chi connectivity index (χ2v) is 8.01. The van der Waals surface area contributed by atoms with E-state index in [4.69, 9.17) is 0 Å². The van der Waals surface area contributed by atoms with Crippen LogP contribution >= 0.6 is 0 Å². The number of methoxy groups -OCH3 is 1. The first-order valence-corrected chi connectivity index (χ1v) is 11.3. The van der Waals surface area contributed by atoms with Crippen molar-refractivity contribution in [2.45, 2.75) is 19.5 Å². The lowest BCUT2D eigenvalue weighted by Gasteiger charge is -2.18. The molecule has 0 aliphatic carbocycles. The predicted octanol–water partition coefficient (Wildman–Crippen LogP) is 3.07. The molecule has 0 saturated carbocycles. The van der Waals surface area contributed by atoms with Crippen molar-refractivity contribution in [3.63, 3.8) is 0 Å². The summed E-state index contributed by atoms with van der Waals surface area (Å²) in [5.41, 5.74) is 0.628. The van der Waals surface area contributed by atoms with E-state index < -0.39 is 47.9 Å². The molecule has 0 radical (unpaired) electrons. The highest BCUT2D eigenvalue weighted by molar-refractivity contribution is 6.35. The molecule has 0 fully saturated rings. The number of fused-ring (bicyclic) bond motifs is 1. The summed E-state index contributed by atoms with van der Waals surface area (Å²) in [6, 6.07) is 14.4. The molecule has 37 heavy (non-hydrogen) atoms. The molecule has 3 aromatic rings. The maximum Gasteiger partial charge on any atom is 0.330 e. The number of benzene rings is 3. The Morgan fingerprint density at radius 2 is 1.62 bits per heavy atom. The summed E-state index contributed by atoms with van der Waals surface area (Å²) in [5, 5.41) is 9.23. The van der Waals surface area contributed by atoms with Gasteiger partial charge in [0.15, 0.2) is 11.6 Å². The summed E-state index contributed by atoms with van der Waals surface area (Å²) in [6.07, 6.45) is 2.36. The van der Waals surface area contributed by atoms with Crippen LogP contribution in [0.3, 0.4) is 0 Å². The van der Waals surface area contributed by atoms with Crippen molar-refractivity contribution < 1.29 is 32.7 Å². The first-order valence-electron chi connectivity index (χ1n) is 11.3. The number of amides is 3. The molecule has 3 aromatic carbocycles. The van der Waals surface area contributed by atoms with Gasteiger partial charge in [-0.25, -0.2) is 13.6 Å². The molecular weight excluding hydrogens is 484 g/mol. The van der Waals surface area contributed by atoms with Gasteiger partial charge in [-0.1, -0.05) is 48.5 Å². The Hall–Kier alpha value is -4.60. The molecule has 8 nitrogen and oxygen atoms in total. The number of esters is 1. The van der Waals surface area contributed by atoms with Crippen molar-refractivity contribution in [3.8, 4) is 0 Å². The first-order chi connectivity index (χ1) is 17.7. The summed E-state index contributed by atoms with van der Waals surface area (Å²) < 4.78 is 32.4. The molecular formula is C27H25F2N3O5. The third kappa shape index (κ3) is 6.97. The molecule has 0 aromatic heterocycles. The van der Waals surface area contributed by atoms with Crippen molar-refractivity contribution in [1.82, 2.24) is 16.0 Å². The summed E-state index contributed by atoms with van der Waals surface area (Å²) in [6.45, 7) is 1.24. The minimum Gasteiger partial charge on any atom is -0.466 e. The van der Waals surface area contributed by atoms with Crippen LogP contribution in [0.2, 0.25) is 0 Å². The summed E-state index contributed by atoms with van der Waals surface area (Å²) in [5.74, 6) is -5.83. The molecule has 0 heterocycles. The highest BCUT2D eigenvalue weighted by Crippen LogP contribution is 2.25. The maximum absolute atomic E-state index is 14.0. The molecule has 0 spiro atoms. The number of hydrogen-bond acceptors (Lipinski definition) is 5. The number of nitrogens with one attached hydrogen (secondary N) is 3. The lowest BCUT2D eigenvalue weighted by molar-refractivity contribution is -0.139. The molecule has 0 aliphatic rings. The zero-order valence-electron chi connectivity index (χ0n) is 20.1. The minimum atomic E-state index is -1.23. The van der Waals surface area contributed by atoms with Gasteiger partial charge >= 0.3 is 17.8 Å². The number of halogens is 2. The van der Waals surface area contributed by atoms with Crippen LogP contribution in [-0.4, -0.2) is 37.3 Å². The molecule has 3 rings (SSSR count). The Labute approximate surface area is 211 Å². The van der Waals surface area contributed by atoms with Crippen molar-refractivity contribution in [3.05, 3.63) is 95.1 Å². The lowest BCUT2D eigenvalue weighted by Crippen LogP contribution is -2.40. The summed E-state index contributed by atoms with van der Waals surface area (Å²) in [4.78, 5) is 48.1. The van der Waals surface area contributed by atoms with Crippen LogP contribution in [0.1, 0.15) is 34.5 Å². The van der Waals surface area contributed by atoms with E-state index in [9.17, 15) is 28.0 Å². The molecule has 192 valence electrons. The third-order valence-corrected chi connectivity index (χ3v) is 5.51. The van der Waals surface area contributed by atoms with E-state index in [1.165, 1.54) is 13.2 Å². The first kappa shape index (κ1) is 27.0. The van der Waals surface area contributed by atoms with E-state index in [0.29, 0.717) is 0 Å². The Kier molecular flexibility index (Phi) is 9.04. The molecule has 0 unspecified atom stereocenters. The Balaban J connectivity index is 1.70. The van der Waals surface area contributed by atoms with Gasteiger partial charge in [-0.3, -0.25) is 14.4 Å². The zero-order valence-corrected chi connectivity index (χ0v) is 20.1. The van der Waals surface area contributed by atoms with Gasteiger partial charge in [0, 0.05) is 24.7 Å². The van der Waals surface area contributed by atoms with Gasteiger partial charge in [-0.05, 0) is 41.0 Å². The predicted molar refractivity (Wildman–Crippen MR) is 132 cm³/mol. The average Bonchev–Trinajstić information content (AvgIpc) is 2.90. The van der Waals surface area contributed by atoms with E-state index in [2.05, 4.69) is 20.7 Å². The van der Waals surface area contributed by atoms with Crippen molar-refractivity contribution in [1.29, 1.82) is 0 Å². The summed E-state index contributed by atoms with van der Waals surface area (Å²) in [7, 11) is 1.19.